The Hall–Kier alpha value is -2.05. The van der Waals surface area contributed by atoms with Crippen molar-refractivity contribution in [1.82, 2.24) is 4.90 Å². The normalized spacial score (nSPS) is 31.8. The lowest BCUT2D eigenvalue weighted by atomic mass is 9.79. The molecule has 3 nitrogen and oxygen atoms in total. The lowest BCUT2D eigenvalue weighted by Crippen LogP contribution is -2.53. The molecule has 3 aliphatic rings. The quantitative estimate of drug-likeness (QED) is 0.537. The van der Waals surface area contributed by atoms with E-state index in [2.05, 4.69) is 42.7 Å². The SMILES string of the molecule is Cc1ccccc1C#CC1CCN2CCCCC2[C@@]2(C)OC(=O)C=C12. The molecule has 1 aromatic rings. The van der Waals surface area contributed by atoms with E-state index in [0.717, 1.165) is 37.1 Å². The molecule has 130 valence electrons. The molecular weight excluding hydrogens is 310 g/mol. The van der Waals surface area contributed by atoms with Crippen molar-refractivity contribution in [3.63, 3.8) is 0 Å². The zero-order chi connectivity index (χ0) is 17.4. The molecular formula is C22H25NO2. The molecule has 0 N–H and O–H groups in total. The Kier molecular flexibility index (Phi) is 4.17. The number of benzene rings is 1. The van der Waals surface area contributed by atoms with Crippen molar-refractivity contribution in [3.05, 3.63) is 47.0 Å². The number of esters is 1. The third-order valence-corrected chi connectivity index (χ3v) is 6.02. The van der Waals surface area contributed by atoms with Gasteiger partial charge in [0.1, 0.15) is 5.60 Å². The Bertz CT molecular complexity index is 785. The summed E-state index contributed by atoms with van der Waals surface area (Å²) in [5, 5.41) is 0. The van der Waals surface area contributed by atoms with E-state index in [-0.39, 0.29) is 11.9 Å². The number of piperidine rings is 1. The van der Waals surface area contributed by atoms with E-state index in [1.807, 2.05) is 12.1 Å². The van der Waals surface area contributed by atoms with Crippen LogP contribution in [-0.4, -0.2) is 35.6 Å². The summed E-state index contributed by atoms with van der Waals surface area (Å²) in [7, 11) is 0. The number of rotatable bonds is 0. The predicted octanol–water partition coefficient (Wildman–Crippen LogP) is 3.46. The van der Waals surface area contributed by atoms with Crippen molar-refractivity contribution in [1.29, 1.82) is 0 Å². The molecule has 0 spiro atoms. The minimum Gasteiger partial charge on any atom is -0.450 e. The highest BCUT2D eigenvalue weighted by molar-refractivity contribution is 5.87. The van der Waals surface area contributed by atoms with Gasteiger partial charge < -0.3 is 4.74 Å². The van der Waals surface area contributed by atoms with Gasteiger partial charge in [-0.25, -0.2) is 4.79 Å². The summed E-state index contributed by atoms with van der Waals surface area (Å²) in [6, 6.07) is 8.50. The van der Waals surface area contributed by atoms with Crippen molar-refractivity contribution in [2.75, 3.05) is 13.1 Å². The first kappa shape index (κ1) is 16.4. The lowest BCUT2D eigenvalue weighted by molar-refractivity contribution is -0.151. The Labute approximate surface area is 150 Å². The largest absolute Gasteiger partial charge is 0.450 e. The molecule has 0 radical (unpaired) electrons. The first-order valence-corrected chi connectivity index (χ1v) is 9.34. The lowest BCUT2D eigenvalue weighted by Gasteiger charge is -2.43. The maximum Gasteiger partial charge on any atom is 0.331 e. The second-order valence-corrected chi connectivity index (χ2v) is 7.60. The molecule has 2 fully saturated rings. The van der Waals surface area contributed by atoms with Gasteiger partial charge in [-0.2, -0.15) is 0 Å². The number of aryl methyl sites for hydroxylation is 1. The summed E-state index contributed by atoms with van der Waals surface area (Å²) in [5.74, 6) is 6.71. The van der Waals surface area contributed by atoms with Crippen LogP contribution < -0.4 is 0 Å². The molecule has 3 heterocycles. The minimum absolute atomic E-state index is 0.0849. The summed E-state index contributed by atoms with van der Waals surface area (Å²) >= 11 is 0. The molecule has 0 bridgehead atoms. The van der Waals surface area contributed by atoms with E-state index in [0.29, 0.717) is 6.04 Å². The Morgan fingerprint density at radius 1 is 1.20 bits per heavy atom. The van der Waals surface area contributed by atoms with Crippen LogP contribution >= 0.6 is 0 Å². The van der Waals surface area contributed by atoms with Gasteiger partial charge >= 0.3 is 5.97 Å². The third-order valence-electron chi connectivity index (χ3n) is 6.02. The Morgan fingerprint density at radius 3 is 2.88 bits per heavy atom. The van der Waals surface area contributed by atoms with Crippen LogP contribution in [0.5, 0.6) is 0 Å². The topological polar surface area (TPSA) is 29.5 Å². The van der Waals surface area contributed by atoms with Crippen LogP contribution in [-0.2, 0) is 9.53 Å². The van der Waals surface area contributed by atoms with Gasteiger partial charge in [0.05, 0.1) is 6.04 Å². The monoisotopic (exact) mass is 335 g/mol. The number of ether oxygens (including phenoxy) is 1. The number of carbonyl (C=O) groups excluding carboxylic acids is 1. The summed E-state index contributed by atoms with van der Waals surface area (Å²) in [6.07, 6.45) is 6.22. The van der Waals surface area contributed by atoms with Gasteiger partial charge in [0.2, 0.25) is 0 Å². The molecule has 0 saturated carbocycles. The van der Waals surface area contributed by atoms with Crippen LogP contribution in [0.4, 0.5) is 0 Å². The highest BCUT2D eigenvalue weighted by atomic mass is 16.6. The van der Waals surface area contributed by atoms with Crippen molar-refractivity contribution >= 4 is 5.97 Å². The average molecular weight is 335 g/mol. The average Bonchev–Trinajstić information content (AvgIpc) is 2.86. The van der Waals surface area contributed by atoms with Crippen molar-refractivity contribution < 1.29 is 9.53 Å². The van der Waals surface area contributed by atoms with Crippen molar-refractivity contribution in [2.45, 2.75) is 51.2 Å². The van der Waals surface area contributed by atoms with Gasteiger partial charge in [-0.3, -0.25) is 4.90 Å². The molecule has 2 saturated heterocycles. The molecule has 3 atom stereocenters. The summed E-state index contributed by atoms with van der Waals surface area (Å²) in [6.45, 7) is 6.31. The fourth-order valence-corrected chi connectivity index (χ4v) is 4.64. The highest BCUT2D eigenvalue weighted by Crippen LogP contribution is 2.44. The molecule has 25 heavy (non-hydrogen) atoms. The molecule has 3 aliphatic heterocycles. The van der Waals surface area contributed by atoms with Gasteiger partial charge in [0.25, 0.3) is 0 Å². The zero-order valence-electron chi connectivity index (χ0n) is 15.0. The maximum absolute atomic E-state index is 12.1. The van der Waals surface area contributed by atoms with E-state index in [1.165, 1.54) is 18.4 Å². The molecule has 3 heteroatoms. The van der Waals surface area contributed by atoms with Crippen molar-refractivity contribution in [3.8, 4) is 11.8 Å². The number of hydrogen-bond acceptors (Lipinski definition) is 3. The van der Waals surface area contributed by atoms with E-state index in [1.54, 1.807) is 6.08 Å². The zero-order valence-corrected chi connectivity index (χ0v) is 15.0. The smallest absolute Gasteiger partial charge is 0.331 e. The fraction of sp³-hybridized carbons (Fsp3) is 0.500. The van der Waals surface area contributed by atoms with E-state index >= 15 is 0 Å². The van der Waals surface area contributed by atoms with Crippen LogP contribution in [0.1, 0.15) is 43.7 Å². The summed E-state index contributed by atoms with van der Waals surface area (Å²) in [5.41, 5.74) is 2.83. The number of hydrogen-bond donors (Lipinski definition) is 0. The molecule has 0 aromatic heterocycles. The molecule has 0 aliphatic carbocycles. The number of fused-ring (bicyclic) bond motifs is 3. The second-order valence-electron chi connectivity index (χ2n) is 7.60. The molecule has 2 unspecified atom stereocenters. The van der Waals surface area contributed by atoms with Gasteiger partial charge in [-0.15, -0.1) is 0 Å². The van der Waals surface area contributed by atoms with Crippen molar-refractivity contribution in [2.24, 2.45) is 5.92 Å². The van der Waals surface area contributed by atoms with Crippen LogP contribution in [0.3, 0.4) is 0 Å². The van der Waals surface area contributed by atoms with Gasteiger partial charge in [0, 0.05) is 24.1 Å². The number of nitrogens with zero attached hydrogens (tertiary/aromatic N) is 1. The van der Waals surface area contributed by atoms with E-state index in [9.17, 15) is 4.79 Å². The summed E-state index contributed by atoms with van der Waals surface area (Å²) < 4.78 is 5.87. The number of carbonyl (C=O) groups is 1. The fourth-order valence-electron chi connectivity index (χ4n) is 4.64. The maximum atomic E-state index is 12.1. The van der Waals surface area contributed by atoms with Gasteiger partial charge in [0.15, 0.2) is 0 Å². The first-order chi connectivity index (χ1) is 12.1. The van der Waals surface area contributed by atoms with Gasteiger partial charge in [-0.1, -0.05) is 36.5 Å². The van der Waals surface area contributed by atoms with Crippen LogP contribution in [0.15, 0.2) is 35.9 Å². The van der Waals surface area contributed by atoms with E-state index in [4.69, 9.17) is 4.74 Å². The second kappa shape index (κ2) is 6.35. The van der Waals surface area contributed by atoms with E-state index < -0.39 is 5.60 Å². The molecule has 1 aromatic carbocycles. The Balaban J connectivity index is 1.70. The predicted molar refractivity (Wildman–Crippen MR) is 98.0 cm³/mol. The standard InChI is InChI=1S/C22H25NO2/c1-16-7-3-4-8-17(16)10-11-18-12-14-23-13-6-5-9-20(23)22(2)19(18)15-21(24)25-22/h3-4,7-8,15,18,20H,5-6,9,12-14H2,1-2H3/t18?,20?,22-/m0/s1. The first-order valence-electron chi connectivity index (χ1n) is 9.34. The highest BCUT2D eigenvalue weighted by Gasteiger charge is 2.52. The molecule has 4 rings (SSSR count). The van der Waals surface area contributed by atoms with Gasteiger partial charge in [-0.05, 0) is 56.9 Å². The van der Waals surface area contributed by atoms with Crippen LogP contribution in [0, 0.1) is 24.7 Å². The van der Waals surface area contributed by atoms with Crippen LogP contribution in [0.25, 0.3) is 0 Å². The van der Waals surface area contributed by atoms with Crippen LogP contribution in [0.2, 0.25) is 0 Å². The Morgan fingerprint density at radius 2 is 2.04 bits per heavy atom. The minimum atomic E-state index is -0.515. The molecule has 0 amide bonds. The third kappa shape index (κ3) is 2.89. The summed E-state index contributed by atoms with van der Waals surface area (Å²) in [4.78, 5) is 14.6.